The van der Waals surface area contributed by atoms with Crippen molar-refractivity contribution in [2.45, 2.75) is 13.0 Å². The molecule has 0 bridgehead atoms. The molecule has 0 fully saturated rings. The van der Waals surface area contributed by atoms with E-state index in [0.717, 1.165) is 11.1 Å². The molecule has 0 radical (unpaired) electrons. The van der Waals surface area contributed by atoms with Gasteiger partial charge in [-0.05, 0) is 36.2 Å². The maximum atomic E-state index is 14.2. The first-order chi connectivity index (χ1) is 9.56. The quantitative estimate of drug-likeness (QED) is 0.671. The van der Waals surface area contributed by atoms with E-state index in [-0.39, 0.29) is 5.82 Å². The molecule has 20 heavy (non-hydrogen) atoms. The monoisotopic (exact) mass is 294 g/mol. The van der Waals surface area contributed by atoms with Crippen LogP contribution in [0.15, 0.2) is 36.4 Å². The van der Waals surface area contributed by atoms with Crippen molar-refractivity contribution < 1.29 is 9.13 Å². The van der Waals surface area contributed by atoms with Gasteiger partial charge in [0.2, 0.25) is 0 Å². The summed E-state index contributed by atoms with van der Waals surface area (Å²) in [6.45, 7) is 1.91. The van der Waals surface area contributed by atoms with Crippen molar-refractivity contribution in [1.29, 1.82) is 0 Å². The highest BCUT2D eigenvalue weighted by Crippen LogP contribution is 2.29. The van der Waals surface area contributed by atoms with Gasteiger partial charge in [0, 0.05) is 16.7 Å². The molecule has 0 aromatic heterocycles. The van der Waals surface area contributed by atoms with Gasteiger partial charge in [-0.25, -0.2) is 9.82 Å². The molecular formula is C15H16ClFN2O. The van der Waals surface area contributed by atoms with E-state index >= 15 is 0 Å². The van der Waals surface area contributed by atoms with Gasteiger partial charge in [0.15, 0.2) is 0 Å². The second-order valence-electron chi connectivity index (χ2n) is 4.49. The Hall–Kier alpha value is -1.62. The highest BCUT2D eigenvalue weighted by molar-refractivity contribution is 6.30. The molecule has 0 aliphatic rings. The predicted molar refractivity (Wildman–Crippen MR) is 78.3 cm³/mol. The zero-order valence-corrected chi connectivity index (χ0v) is 12.0. The third-order valence-corrected chi connectivity index (χ3v) is 3.46. The van der Waals surface area contributed by atoms with Crippen LogP contribution in [-0.4, -0.2) is 7.11 Å². The van der Waals surface area contributed by atoms with E-state index in [1.54, 1.807) is 18.2 Å². The SMILES string of the molecule is COc1ccc(C(NN)c2ccc(Cl)cc2C)c(F)c1. The highest BCUT2D eigenvalue weighted by atomic mass is 35.5. The summed E-state index contributed by atoms with van der Waals surface area (Å²) in [7, 11) is 1.50. The Labute approximate surface area is 122 Å². The van der Waals surface area contributed by atoms with Crippen LogP contribution in [0.3, 0.4) is 0 Å². The van der Waals surface area contributed by atoms with Crippen molar-refractivity contribution in [1.82, 2.24) is 5.43 Å². The number of nitrogens with two attached hydrogens (primary N) is 1. The normalized spacial score (nSPS) is 12.2. The minimum Gasteiger partial charge on any atom is -0.497 e. The average molecular weight is 295 g/mol. The van der Waals surface area contributed by atoms with Gasteiger partial charge in [-0.15, -0.1) is 0 Å². The van der Waals surface area contributed by atoms with Gasteiger partial charge in [-0.2, -0.15) is 0 Å². The van der Waals surface area contributed by atoms with E-state index in [2.05, 4.69) is 5.43 Å². The van der Waals surface area contributed by atoms with Crippen molar-refractivity contribution in [3.05, 3.63) is 63.9 Å². The van der Waals surface area contributed by atoms with Crippen LogP contribution in [-0.2, 0) is 0 Å². The van der Waals surface area contributed by atoms with Gasteiger partial charge in [-0.1, -0.05) is 23.7 Å². The zero-order chi connectivity index (χ0) is 14.7. The number of hydrogen-bond donors (Lipinski definition) is 2. The lowest BCUT2D eigenvalue weighted by molar-refractivity contribution is 0.410. The van der Waals surface area contributed by atoms with E-state index < -0.39 is 6.04 Å². The second-order valence-corrected chi connectivity index (χ2v) is 4.92. The summed E-state index contributed by atoms with van der Waals surface area (Å²) in [5.74, 6) is 5.70. The third kappa shape index (κ3) is 2.93. The molecule has 0 saturated heterocycles. The second kappa shape index (κ2) is 6.22. The minimum absolute atomic E-state index is 0.373. The van der Waals surface area contributed by atoms with Crippen molar-refractivity contribution in [2.24, 2.45) is 5.84 Å². The van der Waals surface area contributed by atoms with Crippen LogP contribution in [0.5, 0.6) is 5.75 Å². The van der Waals surface area contributed by atoms with Crippen LogP contribution in [0.25, 0.3) is 0 Å². The molecular weight excluding hydrogens is 279 g/mol. The van der Waals surface area contributed by atoms with Crippen LogP contribution in [0.4, 0.5) is 4.39 Å². The number of hydrazine groups is 1. The number of ether oxygens (including phenoxy) is 1. The Morgan fingerprint density at radius 1 is 1.20 bits per heavy atom. The Balaban J connectivity index is 2.47. The molecule has 3 N–H and O–H groups in total. The zero-order valence-electron chi connectivity index (χ0n) is 11.3. The number of benzene rings is 2. The molecule has 2 aromatic rings. The standard InChI is InChI=1S/C15H16ClFN2O/c1-9-7-10(16)3-5-12(9)15(19-18)13-6-4-11(20-2)8-14(13)17/h3-8,15,19H,18H2,1-2H3. The molecule has 0 saturated carbocycles. The first kappa shape index (κ1) is 14.8. The number of methoxy groups -OCH3 is 1. The summed E-state index contributed by atoms with van der Waals surface area (Å²) in [5.41, 5.74) is 4.92. The van der Waals surface area contributed by atoms with Gasteiger partial charge >= 0.3 is 0 Å². The van der Waals surface area contributed by atoms with Gasteiger partial charge < -0.3 is 4.74 Å². The molecule has 2 rings (SSSR count). The van der Waals surface area contributed by atoms with Crippen LogP contribution in [0, 0.1) is 12.7 Å². The van der Waals surface area contributed by atoms with E-state index in [1.807, 2.05) is 19.1 Å². The Morgan fingerprint density at radius 2 is 1.90 bits per heavy atom. The van der Waals surface area contributed by atoms with Gasteiger partial charge in [0.05, 0.1) is 13.2 Å². The van der Waals surface area contributed by atoms with Crippen LogP contribution in [0.1, 0.15) is 22.7 Å². The van der Waals surface area contributed by atoms with E-state index in [0.29, 0.717) is 16.3 Å². The predicted octanol–water partition coefficient (Wildman–Crippen LogP) is 3.35. The Morgan fingerprint density at radius 3 is 2.45 bits per heavy atom. The van der Waals surface area contributed by atoms with Gasteiger partial charge in [0.1, 0.15) is 11.6 Å². The van der Waals surface area contributed by atoms with Crippen LogP contribution >= 0.6 is 11.6 Å². The van der Waals surface area contributed by atoms with Crippen molar-refractivity contribution in [3.8, 4) is 5.75 Å². The molecule has 5 heteroatoms. The van der Waals surface area contributed by atoms with E-state index in [9.17, 15) is 4.39 Å². The minimum atomic E-state index is -0.446. The highest BCUT2D eigenvalue weighted by Gasteiger charge is 2.19. The van der Waals surface area contributed by atoms with Crippen molar-refractivity contribution in [3.63, 3.8) is 0 Å². The van der Waals surface area contributed by atoms with E-state index in [4.69, 9.17) is 22.2 Å². The van der Waals surface area contributed by atoms with Crippen molar-refractivity contribution in [2.75, 3.05) is 7.11 Å². The summed E-state index contributed by atoms with van der Waals surface area (Å²) in [6, 6.07) is 9.67. The molecule has 0 aliphatic heterocycles. The van der Waals surface area contributed by atoms with Crippen LogP contribution < -0.4 is 16.0 Å². The summed E-state index contributed by atoms with van der Waals surface area (Å²) >= 11 is 5.94. The smallest absolute Gasteiger partial charge is 0.132 e. The number of nitrogens with one attached hydrogen (secondary N) is 1. The lowest BCUT2D eigenvalue weighted by atomic mass is 9.95. The van der Waals surface area contributed by atoms with Crippen LogP contribution in [0.2, 0.25) is 5.02 Å². The van der Waals surface area contributed by atoms with Crippen molar-refractivity contribution >= 4 is 11.6 Å². The molecule has 1 unspecified atom stereocenters. The number of halogens is 2. The fourth-order valence-electron chi connectivity index (χ4n) is 2.18. The molecule has 0 amide bonds. The molecule has 0 spiro atoms. The molecule has 0 heterocycles. The Bertz CT molecular complexity index is 619. The summed E-state index contributed by atoms with van der Waals surface area (Å²) in [4.78, 5) is 0. The lowest BCUT2D eigenvalue weighted by Gasteiger charge is -2.20. The first-order valence-corrected chi connectivity index (χ1v) is 6.50. The maximum absolute atomic E-state index is 14.2. The molecule has 2 aromatic carbocycles. The fraction of sp³-hybridized carbons (Fsp3) is 0.200. The summed E-state index contributed by atoms with van der Waals surface area (Å²) in [5, 5.41) is 0.636. The van der Waals surface area contributed by atoms with Gasteiger partial charge in [0.25, 0.3) is 0 Å². The number of rotatable bonds is 4. The fourth-order valence-corrected chi connectivity index (χ4v) is 2.41. The summed E-state index contributed by atoms with van der Waals surface area (Å²) < 4.78 is 19.2. The first-order valence-electron chi connectivity index (χ1n) is 6.12. The van der Waals surface area contributed by atoms with Gasteiger partial charge in [-0.3, -0.25) is 5.84 Å². The third-order valence-electron chi connectivity index (χ3n) is 3.23. The average Bonchev–Trinajstić information content (AvgIpc) is 2.43. The maximum Gasteiger partial charge on any atom is 0.132 e. The largest absolute Gasteiger partial charge is 0.497 e. The topological polar surface area (TPSA) is 47.3 Å². The number of hydrogen-bond acceptors (Lipinski definition) is 3. The number of aryl methyl sites for hydroxylation is 1. The molecule has 3 nitrogen and oxygen atoms in total. The lowest BCUT2D eigenvalue weighted by Crippen LogP contribution is -2.30. The Kier molecular flexibility index (Phi) is 4.60. The van der Waals surface area contributed by atoms with E-state index in [1.165, 1.54) is 13.2 Å². The molecule has 106 valence electrons. The molecule has 1 atom stereocenters. The summed E-state index contributed by atoms with van der Waals surface area (Å²) in [6.07, 6.45) is 0. The molecule has 0 aliphatic carbocycles.